The molecule has 0 radical (unpaired) electrons. The molecule has 21 heavy (non-hydrogen) atoms. The second-order valence-corrected chi connectivity index (χ2v) is 6.74. The Balaban J connectivity index is 4.08. The van der Waals surface area contributed by atoms with Crippen molar-refractivity contribution in [1.82, 2.24) is 10.6 Å². The van der Waals surface area contributed by atoms with E-state index in [1.807, 2.05) is 13.8 Å². The van der Waals surface area contributed by atoms with Gasteiger partial charge < -0.3 is 15.7 Å². The zero-order valence-corrected chi connectivity index (χ0v) is 14.2. The van der Waals surface area contributed by atoms with Gasteiger partial charge in [0.1, 0.15) is 0 Å². The van der Waals surface area contributed by atoms with Gasteiger partial charge in [0, 0.05) is 18.5 Å². The minimum atomic E-state index is -0.757. The van der Waals surface area contributed by atoms with Gasteiger partial charge in [-0.1, -0.05) is 27.2 Å². The largest absolute Gasteiger partial charge is 0.481 e. The first-order valence-corrected chi connectivity index (χ1v) is 7.95. The lowest BCUT2D eigenvalue weighted by Crippen LogP contribution is -2.48. The average molecular weight is 300 g/mol. The van der Waals surface area contributed by atoms with E-state index in [0.29, 0.717) is 24.8 Å². The van der Waals surface area contributed by atoms with Gasteiger partial charge in [-0.15, -0.1) is 0 Å². The van der Waals surface area contributed by atoms with Gasteiger partial charge in [-0.25, -0.2) is 4.79 Å². The van der Waals surface area contributed by atoms with Crippen LogP contribution in [0.5, 0.6) is 0 Å². The lowest BCUT2D eigenvalue weighted by Gasteiger charge is -2.26. The second kappa shape index (κ2) is 9.64. The zero-order valence-electron chi connectivity index (χ0n) is 14.2. The van der Waals surface area contributed by atoms with Crippen LogP contribution in [0.4, 0.5) is 4.79 Å². The predicted molar refractivity (Wildman–Crippen MR) is 85.3 cm³/mol. The van der Waals surface area contributed by atoms with Crippen LogP contribution in [0.1, 0.15) is 66.7 Å². The molecule has 0 aromatic rings. The monoisotopic (exact) mass is 300 g/mol. The maximum Gasteiger partial charge on any atom is 0.315 e. The Kier molecular flexibility index (Phi) is 9.06. The Morgan fingerprint density at radius 1 is 1.19 bits per heavy atom. The molecule has 0 fully saturated rings. The highest BCUT2D eigenvalue weighted by molar-refractivity contribution is 5.74. The molecule has 0 aromatic heterocycles. The summed E-state index contributed by atoms with van der Waals surface area (Å²) in [7, 11) is 0. The van der Waals surface area contributed by atoms with Gasteiger partial charge in [0.05, 0.1) is 0 Å². The van der Waals surface area contributed by atoms with Crippen LogP contribution in [0.25, 0.3) is 0 Å². The number of hydrogen-bond donors (Lipinski definition) is 3. The molecule has 1 unspecified atom stereocenters. The third kappa shape index (κ3) is 10.2. The fraction of sp³-hybridized carbons (Fsp3) is 0.875. The van der Waals surface area contributed by atoms with Crippen molar-refractivity contribution in [3.8, 4) is 0 Å². The van der Waals surface area contributed by atoms with Gasteiger partial charge in [-0.05, 0) is 44.9 Å². The van der Waals surface area contributed by atoms with E-state index < -0.39 is 5.97 Å². The van der Waals surface area contributed by atoms with Crippen molar-refractivity contribution in [3.05, 3.63) is 0 Å². The Bertz CT molecular complexity index is 327. The molecule has 124 valence electrons. The molecular formula is C16H32N2O3. The molecule has 0 aliphatic heterocycles. The van der Waals surface area contributed by atoms with E-state index in [1.54, 1.807) is 0 Å². The molecule has 0 aliphatic rings. The average Bonchev–Trinajstić information content (AvgIpc) is 2.31. The molecule has 0 spiro atoms. The summed E-state index contributed by atoms with van der Waals surface area (Å²) < 4.78 is 0. The first-order valence-electron chi connectivity index (χ1n) is 7.95. The highest BCUT2D eigenvalue weighted by Gasteiger charge is 2.19. The summed E-state index contributed by atoms with van der Waals surface area (Å²) in [5, 5.41) is 14.6. The van der Waals surface area contributed by atoms with Crippen LogP contribution < -0.4 is 10.6 Å². The molecule has 0 rings (SSSR count). The number of rotatable bonds is 10. The van der Waals surface area contributed by atoms with Crippen LogP contribution in [-0.4, -0.2) is 29.2 Å². The fourth-order valence-corrected chi connectivity index (χ4v) is 2.53. The maximum atomic E-state index is 11.8. The molecule has 0 saturated carbocycles. The normalized spacial score (nSPS) is 13.0. The predicted octanol–water partition coefficient (Wildman–Crippen LogP) is 3.39. The highest BCUT2D eigenvalue weighted by atomic mass is 16.4. The standard InChI is InChI=1S/C16H32N2O3/c1-6-10-16(4,5)18-15(21)17-11-9-13(12(2)3)7-8-14(19)20/h12-13H,6-11H2,1-5H3,(H,19,20)(H2,17,18,21). The molecule has 3 N–H and O–H groups in total. The number of carbonyl (C=O) groups is 2. The number of urea groups is 1. The number of hydrogen-bond acceptors (Lipinski definition) is 2. The third-order valence-electron chi connectivity index (χ3n) is 3.80. The lowest BCUT2D eigenvalue weighted by atomic mass is 9.88. The van der Waals surface area contributed by atoms with Gasteiger partial charge >= 0.3 is 12.0 Å². The molecule has 0 bridgehead atoms. The number of nitrogens with one attached hydrogen (secondary N) is 2. The van der Waals surface area contributed by atoms with Crippen LogP contribution in [-0.2, 0) is 4.79 Å². The molecule has 0 saturated heterocycles. The number of aliphatic carboxylic acids is 1. The SMILES string of the molecule is CCCC(C)(C)NC(=O)NCCC(CCC(=O)O)C(C)C. The van der Waals surface area contributed by atoms with E-state index in [2.05, 4.69) is 31.4 Å². The van der Waals surface area contributed by atoms with Crippen LogP contribution in [0.15, 0.2) is 0 Å². The summed E-state index contributed by atoms with van der Waals surface area (Å²) in [4.78, 5) is 22.5. The van der Waals surface area contributed by atoms with Gasteiger partial charge in [0.15, 0.2) is 0 Å². The number of carboxylic acid groups (broad SMARTS) is 1. The van der Waals surface area contributed by atoms with Gasteiger partial charge in [-0.2, -0.15) is 0 Å². The van der Waals surface area contributed by atoms with Crippen LogP contribution in [0, 0.1) is 11.8 Å². The Morgan fingerprint density at radius 2 is 1.81 bits per heavy atom. The van der Waals surface area contributed by atoms with E-state index in [-0.39, 0.29) is 18.0 Å². The zero-order chi connectivity index (χ0) is 16.5. The quantitative estimate of drug-likeness (QED) is 0.578. The summed E-state index contributed by atoms with van der Waals surface area (Å²) in [6.45, 7) is 10.9. The molecule has 5 heteroatoms. The van der Waals surface area contributed by atoms with Crippen molar-refractivity contribution >= 4 is 12.0 Å². The minimum Gasteiger partial charge on any atom is -0.481 e. The van der Waals surface area contributed by atoms with Gasteiger partial charge in [0.2, 0.25) is 0 Å². The number of carbonyl (C=O) groups excluding carboxylic acids is 1. The maximum absolute atomic E-state index is 11.8. The summed E-state index contributed by atoms with van der Waals surface area (Å²) in [6.07, 6.45) is 3.63. The highest BCUT2D eigenvalue weighted by Crippen LogP contribution is 2.20. The van der Waals surface area contributed by atoms with Crippen LogP contribution in [0.3, 0.4) is 0 Å². The summed E-state index contributed by atoms with van der Waals surface area (Å²) in [5.74, 6) is -0.0107. The van der Waals surface area contributed by atoms with E-state index >= 15 is 0 Å². The fourth-order valence-electron chi connectivity index (χ4n) is 2.53. The second-order valence-electron chi connectivity index (χ2n) is 6.74. The van der Waals surface area contributed by atoms with Crippen LogP contribution >= 0.6 is 0 Å². The molecule has 1 atom stereocenters. The molecule has 5 nitrogen and oxygen atoms in total. The van der Waals surface area contributed by atoms with Crippen LogP contribution in [0.2, 0.25) is 0 Å². The molecule has 0 heterocycles. The van der Waals surface area contributed by atoms with Crippen molar-refractivity contribution < 1.29 is 14.7 Å². The smallest absolute Gasteiger partial charge is 0.315 e. The van der Waals surface area contributed by atoms with E-state index in [1.165, 1.54) is 0 Å². The topological polar surface area (TPSA) is 78.4 Å². The van der Waals surface area contributed by atoms with Gasteiger partial charge in [-0.3, -0.25) is 4.79 Å². The van der Waals surface area contributed by atoms with Crippen molar-refractivity contribution in [2.45, 2.75) is 72.3 Å². The van der Waals surface area contributed by atoms with Crippen molar-refractivity contribution in [3.63, 3.8) is 0 Å². The van der Waals surface area contributed by atoms with E-state index in [4.69, 9.17) is 5.11 Å². The van der Waals surface area contributed by atoms with Crippen molar-refractivity contribution in [2.75, 3.05) is 6.54 Å². The molecule has 0 aromatic carbocycles. The summed E-state index contributed by atoms with van der Waals surface area (Å²) >= 11 is 0. The van der Waals surface area contributed by atoms with E-state index in [0.717, 1.165) is 19.3 Å². The van der Waals surface area contributed by atoms with Crippen molar-refractivity contribution in [2.24, 2.45) is 11.8 Å². The Labute approximate surface area is 128 Å². The molecule has 0 aliphatic carbocycles. The molecule has 2 amide bonds. The number of amides is 2. The number of carboxylic acids is 1. The van der Waals surface area contributed by atoms with Gasteiger partial charge in [0.25, 0.3) is 0 Å². The molecular weight excluding hydrogens is 268 g/mol. The van der Waals surface area contributed by atoms with Crippen molar-refractivity contribution in [1.29, 1.82) is 0 Å². The summed E-state index contributed by atoms with van der Waals surface area (Å²) in [6, 6.07) is -0.144. The Morgan fingerprint density at radius 3 is 2.29 bits per heavy atom. The van der Waals surface area contributed by atoms with E-state index in [9.17, 15) is 9.59 Å². The summed E-state index contributed by atoms with van der Waals surface area (Å²) in [5.41, 5.74) is -0.195. The first kappa shape index (κ1) is 19.7. The lowest BCUT2D eigenvalue weighted by molar-refractivity contribution is -0.137. The Hall–Kier alpha value is -1.26. The minimum absolute atomic E-state index is 0.144. The first-order chi connectivity index (χ1) is 9.68. The third-order valence-corrected chi connectivity index (χ3v) is 3.80.